The molecule has 0 bridgehead atoms. The Morgan fingerprint density at radius 1 is 1.20 bits per heavy atom. The molecule has 1 aromatic heterocycles. The van der Waals surface area contributed by atoms with Crippen LogP contribution in [0.25, 0.3) is 11.4 Å². The van der Waals surface area contributed by atoms with Crippen LogP contribution >= 0.6 is 0 Å². The molecule has 1 N–H and O–H groups in total. The Labute approximate surface area is 175 Å². The average molecular weight is 408 g/mol. The maximum absolute atomic E-state index is 13.1. The third-order valence-corrected chi connectivity index (χ3v) is 5.39. The van der Waals surface area contributed by atoms with E-state index in [1.165, 1.54) is 17.7 Å². The van der Waals surface area contributed by atoms with E-state index in [1.54, 1.807) is 12.1 Å². The Morgan fingerprint density at radius 2 is 1.97 bits per heavy atom. The standard InChI is InChI=1S/C23H25FN4O2/c1-16-4-6-17(7-5-16)13-25-23(29)19-3-2-12-28(14-19)15-21-26-22(27-30-21)18-8-10-20(24)11-9-18/h4-11,19H,2-3,12-15H2,1H3,(H,25,29). The lowest BCUT2D eigenvalue weighted by atomic mass is 9.97. The van der Waals surface area contributed by atoms with Crippen molar-refractivity contribution in [3.8, 4) is 11.4 Å². The predicted octanol–water partition coefficient (Wildman–Crippen LogP) is 3.71. The largest absolute Gasteiger partial charge is 0.352 e. The number of carbonyl (C=O) groups excluding carboxylic acids is 1. The van der Waals surface area contributed by atoms with Crippen LogP contribution in [0.1, 0.15) is 29.9 Å². The number of piperidine rings is 1. The summed E-state index contributed by atoms with van der Waals surface area (Å²) < 4.78 is 18.4. The maximum Gasteiger partial charge on any atom is 0.241 e. The Morgan fingerprint density at radius 3 is 2.73 bits per heavy atom. The van der Waals surface area contributed by atoms with Crippen LogP contribution in [0.2, 0.25) is 0 Å². The molecule has 7 heteroatoms. The van der Waals surface area contributed by atoms with Crippen molar-refractivity contribution in [1.82, 2.24) is 20.4 Å². The molecule has 1 saturated heterocycles. The van der Waals surface area contributed by atoms with E-state index in [2.05, 4.69) is 32.5 Å². The third kappa shape index (κ3) is 5.10. The molecule has 4 rings (SSSR count). The Hall–Kier alpha value is -3.06. The molecule has 2 heterocycles. The van der Waals surface area contributed by atoms with E-state index in [-0.39, 0.29) is 17.6 Å². The minimum Gasteiger partial charge on any atom is -0.352 e. The number of benzene rings is 2. The quantitative estimate of drug-likeness (QED) is 0.673. The van der Waals surface area contributed by atoms with Crippen molar-refractivity contribution >= 4 is 5.91 Å². The van der Waals surface area contributed by atoms with Crippen LogP contribution in [0.5, 0.6) is 0 Å². The molecule has 3 aromatic rings. The first-order valence-corrected chi connectivity index (χ1v) is 10.2. The highest BCUT2D eigenvalue weighted by atomic mass is 19.1. The molecule has 1 unspecified atom stereocenters. The number of hydrogen-bond donors (Lipinski definition) is 1. The highest BCUT2D eigenvalue weighted by Gasteiger charge is 2.26. The zero-order chi connectivity index (χ0) is 20.9. The molecular formula is C23H25FN4O2. The Balaban J connectivity index is 1.31. The smallest absolute Gasteiger partial charge is 0.241 e. The van der Waals surface area contributed by atoms with Gasteiger partial charge in [-0.2, -0.15) is 4.98 Å². The van der Waals surface area contributed by atoms with Gasteiger partial charge in [0.25, 0.3) is 0 Å². The van der Waals surface area contributed by atoms with Gasteiger partial charge < -0.3 is 9.84 Å². The highest BCUT2D eigenvalue weighted by Crippen LogP contribution is 2.21. The number of rotatable bonds is 6. The summed E-state index contributed by atoms with van der Waals surface area (Å²) in [5, 5.41) is 7.05. The Kier molecular flexibility index (Phi) is 6.18. The molecule has 0 radical (unpaired) electrons. The second-order valence-corrected chi connectivity index (χ2v) is 7.80. The van der Waals surface area contributed by atoms with Gasteiger partial charge in [0.2, 0.25) is 17.6 Å². The van der Waals surface area contributed by atoms with E-state index >= 15 is 0 Å². The molecule has 1 aliphatic rings. The van der Waals surface area contributed by atoms with Crippen molar-refractivity contribution in [2.24, 2.45) is 5.92 Å². The SMILES string of the molecule is Cc1ccc(CNC(=O)C2CCCN(Cc3nc(-c4ccc(F)cc4)no3)C2)cc1. The molecule has 1 aliphatic heterocycles. The Bertz CT molecular complexity index is 985. The summed E-state index contributed by atoms with van der Waals surface area (Å²) in [6, 6.07) is 14.2. The minimum absolute atomic E-state index is 0.0521. The van der Waals surface area contributed by atoms with E-state index in [1.807, 2.05) is 19.1 Å². The second-order valence-electron chi connectivity index (χ2n) is 7.80. The fourth-order valence-corrected chi connectivity index (χ4v) is 3.68. The molecule has 2 aromatic carbocycles. The summed E-state index contributed by atoms with van der Waals surface area (Å²) in [4.78, 5) is 19.2. The van der Waals surface area contributed by atoms with Crippen LogP contribution in [-0.4, -0.2) is 34.0 Å². The van der Waals surface area contributed by atoms with Crippen LogP contribution in [-0.2, 0) is 17.9 Å². The van der Waals surface area contributed by atoms with Crippen molar-refractivity contribution in [2.45, 2.75) is 32.9 Å². The van der Waals surface area contributed by atoms with Gasteiger partial charge >= 0.3 is 0 Å². The third-order valence-electron chi connectivity index (χ3n) is 5.39. The van der Waals surface area contributed by atoms with Crippen LogP contribution in [0.3, 0.4) is 0 Å². The molecule has 0 spiro atoms. The molecule has 1 fully saturated rings. The highest BCUT2D eigenvalue weighted by molar-refractivity contribution is 5.79. The average Bonchev–Trinajstić information content (AvgIpc) is 3.22. The van der Waals surface area contributed by atoms with Crippen molar-refractivity contribution in [1.29, 1.82) is 0 Å². The van der Waals surface area contributed by atoms with E-state index in [4.69, 9.17) is 4.52 Å². The molecule has 1 amide bonds. The summed E-state index contributed by atoms with van der Waals surface area (Å²) in [6.45, 7) is 4.63. The molecule has 156 valence electrons. The fraction of sp³-hybridized carbons (Fsp3) is 0.348. The number of likely N-dealkylation sites (tertiary alicyclic amines) is 1. The number of halogens is 1. The number of hydrogen-bond acceptors (Lipinski definition) is 5. The van der Waals surface area contributed by atoms with Crippen molar-refractivity contribution in [3.05, 3.63) is 71.4 Å². The van der Waals surface area contributed by atoms with Crippen molar-refractivity contribution < 1.29 is 13.7 Å². The molecule has 30 heavy (non-hydrogen) atoms. The number of nitrogens with one attached hydrogen (secondary N) is 1. The first-order chi connectivity index (χ1) is 14.6. The van der Waals surface area contributed by atoms with Gasteiger partial charge in [0, 0.05) is 18.7 Å². The summed E-state index contributed by atoms with van der Waals surface area (Å²) in [5.41, 5.74) is 3.01. The summed E-state index contributed by atoms with van der Waals surface area (Å²) in [5.74, 6) is 0.661. The number of aryl methyl sites for hydroxylation is 1. The maximum atomic E-state index is 13.1. The number of nitrogens with zero attached hydrogens (tertiary/aromatic N) is 3. The van der Waals surface area contributed by atoms with Gasteiger partial charge in [-0.15, -0.1) is 0 Å². The van der Waals surface area contributed by atoms with Gasteiger partial charge in [-0.25, -0.2) is 4.39 Å². The van der Waals surface area contributed by atoms with Crippen molar-refractivity contribution in [3.63, 3.8) is 0 Å². The summed E-state index contributed by atoms with van der Waals surface area (Å²) >= 11 is 0. The monoisotopic (exact) mass is 408 g/mol. The minimum atomic E-state index is -0.303. The van der Waals surface area contributed by atoms with Crippen LogP contribution in [0, 0.1) is 18.7 Å². The van der Waals surface area contributed by atoms with Crippen molar-refractivity contribution in [2.75, 3.05) is 13.1 Å². The predicted molar refractivity (Wildman–Crippen MR) is 111 cm³/mol. The van der Waals surface area contributed by atoms with E-state index in [0.29, 0.717) is 36.9 Å². The summed E-state index contributed by atoms with van der Waals surface area (Å²) in [7, 11) is 0. The van der Waals surface area contributed by atoms with Gasteiger partial charge in [0.05, 0.1) is 12.5 Å². The van der Waals surface area contributed by atoms with E-state index < -0.39 is 0 Å². The van der Waals surface area contributed by atoms with Crippen LogP contribution in [0.15, 0.2) is 53.1 Å². The van der Waals surface area contributed by atoms with Gasteiger partial charge in [-0.05, 0) is 56.1 Å². The fourth-order valence-electron chi connectivity index (χ4n) is 3.68. The van der Waals surface area contributed by atoms with Gasteiger partial charge in [0.1, 0.15) is 5.82 Å². The van der Waals surface area contributed by atoms with Gasteiger partial charge in [-0.3, -0.25) is 9.69 Å². The van der Waals surface area contributed by atoms with Crippen LogP contribution < -0.4 is 5.32 Å². The zero-order valence-electron chi connectivity index (χ0n) is 17.0. The van der Waals surface area contributed by atoms with Crippen LogP contribution in [0.4, 0.5) is 4.39 Å². The van der Waals surface area contributed by atoms with Gasteiger partial charge in [-0.1, -0.05) is 35.0 Å². The number of amides is 1. The topological polar surface area (TPSA) is 71.3 Å². The summed E-state index contributed by atoms with van der Waals surface area (Å²) in [6.07, 6.45) is 1.82. The molecular weight excluding hydrogens is 383 g/mol. The second kappa shape index (κ2) is 9.17. The molecule has 0 aliphatic carbocycles. The number of carbonyl (C=O) groups is 1. The lowest BCUT2D eigenvalue weighted by molar-refractivity contribution is -0.127. The zero-order valence-corrected chi connectivity index (χ0v) is 17.0. The molecule has 1 atom stereocenters. The normalized spacial score (nSPS) is 17.1. The molecule has 0 saturated carbocycles. The van der Waals surface area contributed by atoms with Gasteiger partial charge in [0.15, 0.2) is 0 Å². The first kappa shape index (κ1) is 20.2. The molecule has 6 nitrogen and oxygen atoms in total. The first-order valence-electron chi connectivity index (χ1n) is 10.2. The number of aromatic nitrogens is 2. The lowest BCUT2D eigenvalue weighted by Crippen LogP contribution is -2.42. The van der Waals surface area contributed by atoms with E-state index in [0.717, 1.165) is 24.9 Å². The lowest BCUT2D eigenvalue weighted by Gasteiger charge is -2.30. The van der Waals surface area contributed by atoms with E-state index in [9.17, 15) is 9.18 Å².